The zero-order chi connectivity index (χ0) is 16.0. The van der Waals surface area contributed by atoms with Crippen molar-refractivity contribution >= 4 is 12.1 Å². The van der Waals surface area contributed by atoms with E-state index >= 15 is 0 Å². The molecule has 0 aromatic heterocycles. The maximum atomic E-state index is 11.6. The molecule has 1 atom stereocenters. The van der Waals surface area contributed by atoms with Gasteiger partial charge in [0, 0.05) is 6.54 Å². The van der Waals surface area contributed by atoms with Gasteiger partial charge in [-0.2, -0.15) is 0 Å². The third-order valence-electron chi connectivity index (χ3n) is 2.83. The Labute approximate surface area is 125 Å². The van der Waals surface area contributed by atoms with Crippen LogP contribution in [0.15, 0.2) is 24.3 Å². The Balaban J connectivity index is 2.57. The van der Waals surface area contributed by atoms with Gasteiger partial charge in [0.2, 0.25) is 0 Å². The summed E-state index contributed by atoms with van der Waals surface area (Å²) in [6, 6.07) is 7.39. The molecule has 5 heteroatoms. The molecular weight excluding hydrogens is 270 g/mol. The number of hydrogen-bond acceptors (Lipinski definition) is 3. The maximum absolute atomic E-state index is 11.6. The standard InChI is InChI=1S/C16H23NO4/c1-11(10-17-15(20)21-16(2,3)4)13-7-5-6-12(8-13)9-14(18)19/h5-8,11H,9-10H2,1-4H3,(H,17,20)(H,18,19). The molecule has 116 valence electrons. The number of carboxylic acid groups (broad SMARTS) is 1. The Hall–Kier alpha value is -2.04. The second-order valence-electron chi connectivity index (χ2n) is 6.10. The zero-order valence-electron chi connectivity index (χ0n) is 13.0. The molecule has 0 aliphatic heterocycles. The Morgan fingerprint density at radius 2 is 2.00 bits per heavy atom. The minimum atomic E-state index is -0.855. The van der Waals surface area contributed by atoms with Crippen LogP contribution in [0.4, 0.5) is 4.79 Å². The third kappa shape index (κ3) is 6.79. The van der Waals surface area contributed by atoms with Crippen LogP contribution in [0, 0.1) is 0 Å². The van der Waals surface area contributed by atoms with Crippen LogP contribution in [0.25, 0.3) is 0 Å². The number of carboxylic acids is 1. The molecule has 0 heterocycles. The van der Waals surface area contributed by atoms with E-state index in [9.17, 15) is 9.59 Å². The van der Waals surface area contributed by atoms with Gasteiger partial charge in [-0.1, -0.05) is 31.2 Å². The summed E-state index contributed by atoms with van der Waals surface area (Å²) in [5.74, 6) is -0.780. The van der Waals surface area contributed by atoms with Gasteiger partial charge in [-0.25, -0.2) is 4.79 Å². The van der Waals surface area contributed by atoms with Crippen LogP contribution in [0.2, 0.25) is 0 Å². The lowest BCUT2D eigenvalue weighted by Gasteiger charge is -2.21. The maximum Gasteiger partial charge on any atom is 0.407 e. The van der Waals surface area contributed by atoms with Crippen molar-refractivity contribution in [1.82, 2.24) is 5.32 Å². The van der Waals surface area contributed by atoms with Gasteiger partial charge in [0.1, 0.15) is 5.60 Å². The van der Waals surface area contributed by atoms with Gasteiger partial charge in [-0.05, 0) is 37.8 Å². The first-order valence-corrected chi connectivity index (χ1v) is 6.95. The Kier molecular flexibility index (Phi) is 5.76. The minimum absolute atomic E-state index is 0.0000539. The molecule has 5 nitrogen and oxygen atoms in total. The van der Waals surface area contributed by atoms with E-state index in [1.54, 1.807) is 6.07 Å². The number of ether oxygens (including phenoxy) is 1. The summed E-state index contributed by atoms with van der Waals surface area (Å²) in [6.45, 7) is 7.84. The quantitative estimate of drug-likeness (QED) is 0.875. The average Bonchev–Trinajstić information content (AvgIpc) is 2.33. The molecule has 1 aromatic carbocycles. The summed E-state index contributed by atoms with van der Waals surface area (Å²) in [4.78, 5) is 22.3. The van der Waals surface area contributed by atoms with E-state index in [0.29, 0.717) is 6.54 Å². The minimum Gasteiger partial charge on any atom is -0.481 e. The van der Waals surface area contributed by atoms with Gasteiger partial charge in [0.25, 0.3) is 0 Å². The van der Waals surface area contributed by atoms with Crippen LogP contribution in [0.1, 0.15) is 44.7 Å². The normalized spacial score (nSPS) is 12.6. The predicted molar refractivity (Wildman–Crippen MR) is 80.4 cm³/mol. The monoisotopic (exact) mass is 293 g/mol. The molecule has 1 rings (SSSR count). The molecule has 2 N–H and O–H groups in total. The van der Waals surface area contributed by atoms with Crippen LogP contribution in [0.5, 0.6) is 0 Å². The number of amides is 1. The fraction of sp³-hybridized carbons (Fsp3) is 0.500. The molecule has 0 fully saturated rings. The molecule has 0 saturated heterocycles. The average molecular weight is 293 g/mol. The highest BCUT2D eigenvalue weighted by molar-refractivity contribution is 5.70. The molecule has 0 aliphatic rings. The highest BCUT2D eigenvalue weighted by Gasteiger charge is 2.17. The van der Waals surface area contributed by atoms with Crippen LogP contribution in [-0.2, 0) is 16.0 Å². The first-order chi connectivity index (χ1) is 9.67. The number of carbonyl (C=O) groups is 2. The fourth-order valence-corrected chi connectivity index (χ4v) is 1.85. The number of alkyl carbamates (subject to hydrolysis) is 1. The molecule has 0 spiro atoms. The van der Waals surface area contributed by atoms with E-state index in [4.69, 9.17) is 9.84 Å². The number of hydrogen-bond donors (Lipinski definition) is 2. The second kappa shape index (κ2) is 7.11. The van der Waals surface area contributed by atoms with E-state index in [-0.39, 0.29) is 12.3 Å². The zero-order valence-corrected chi connectivity index (χ0v) is 13.0. The van der Waals surface area contributed by atoms with Crippen molar-refractivity contribution in [3.05, 3.63) is 35.4 Å². The van der Waals surface area contributed by atoms with E-state index in [1.165, 1.54) is 0 Å². The number of aliphatic carboxylic acids is 1. The predicted octanol–water partition coefficient (Wildman–Crippen LogP) is 2.94. The SMILES string of the molecule is CC(CNC(=O)OC(C)(C)C)c1cccc(CC(=O)O)c1. The third-order valence-corrected chi connectivity index (χ3v) is 2.83. The molecule has 0 radical (unpaired) electrons. The molecule has 21 heavy (non-hydrogen) atoms. The fourth-order valence-electron chi connectivity index (χ4n) is 1.85. The van der Waals surface area contributed by atoms with Crippen molar-refractivity contribution in [2.24, 2.45) is 0 Å². The van der Waals surface area contributed by atoms with Gasteiger partial charge in [0.05, 0.1) is 6.42 Å². The highest BCUT2D eigenvalue weighted by Crippen LogP contribution is 2.16. The highest BCUT2D eigenvalue weighted by atomic mass is 16.6. The summed E-state index contributed by atoms with van der Waals surface area (Å²) in [6.07, 6.45) is -0.448. The molecule has 0 bridgehead atoms. The van der Waals surface area contributed by atoms with Crippen LogP contribution in [0.3, 0.4) is 0 Å². The molecular formula is C16H23NO4. The summed E-state index contributed by atoms with van der Waals surface area (Å²) in [7, 11) is 0. The van der Waals surface area contributed by atoms with Gasteiger partial charge >= 0.3 is 12.1 Å². The number of carbonyl (C=O) groups excluding carboxylic acids is 1. The number of nitrogens with one attached hydrogen (secondary N) is 1. The van der Waals surface area contributed by atoms with Crippen molar-refractivity contribution in [2.75, 3.05) is 6.54 Å². The van der Waals surface area contributed by atoms with Crippen molar-refractivity contribution in [3.63, 3.8) is 0 Å². The van der Waals surface area contributed by atoms with Crippen molar-refractivity contribution < 1.29 is 19.4 Å². The van der Waals surface area contributed by atoms with Crippen molar-refractivity contribution in [3.8, 4) is 0 Å². The van der Waals surface area contributed by atoms with Crippen molar-refractivity contribution in [1.29, 1.82) is 0 Å². The molecule has 1 aromatic rings. The van der Waals surface area contributed by atoms with Gasteiger partial charge < -0.3 is 15.2 Å². The van der Waals surface area contributed by atoms with E-state index in [1.807, 2.05) is 45.9 Å². The largest absolute Gasteiger partial charge is 0.481 e. The number of rotatable bonds is 5. The summed E-state index contributed by atoms with van der Waals surface area (Å²) in [5.41, 5.74) is 1.23. The smallest absolute Gasteiger partial charge is 0.407 e. The van der Waals surface area contributed by atoms with E-state index in [0.717, 1.165) is 11.1 Å². The van der Waals surface area contributed by atoms with Crippen molar-refractivity contribution in [2.45, 2.75) is 45.6 Å². The lowest BCUT2D eigenvalue weighted by molar-refractivity contribution is -0.136. The van der Waals surface area contributed by atoms with Gasteiger partial charge in [-0.15, -0.1) is 0 Å². The van der Waals surface area contributed by atoms with Crippen LogP contribution in [-0.4, -0.2) is 29.3 Å². The molecule has 0 saturated carbocycles. The molecule has 1 amide bonds. The first kappa shape index (κ1) is 17.0. The lowest BCUT2D eigenvalue weighted by Crippen LogP contribution is -2.34. The summed E-state index contributed by atoms with van der Waals surface area (Å²) >= 11 is 0. The summed E-state index contributed by atoms with van der Waals surface area (Å²) in [5, 5.41) is 11.5. The van der Waals surface area contributed by atoms with Gasteiger partial charge in [-0.3, -0.25) is 4.79 Å². The Bertz CT molecular complexity index is 505. The Morgan fingerprint density at radius 3 is 2.57 bits per heavy atom. The molecule has 1 unspecified atom stereocenters. The van der Waals surface area contributed by atoms with E-state index < -0.39 is 17.7 Å². The van der Waals surface area contributed by atoms with Crippen LogP contribution < -0.4 is 5.32 Å². The molecule has 0 aliphatic carbocycles. The van der Waals surface area contributed by atoms with Crippen LogP contribution >= 0.6 is 0 Å². The lowest BCUT2D eigenvalue weighted by atomic mass is 9.98. The number of benzene rings is 1. The second-order valence-corrected chi connectivity index (χ2v) is 6.10. The van der Waals surface area contributed by atoms with E-state index in [2.05, 4.69) is 5.32 Å². The Morgan fingerprint density at radius 1 is 1.33 bits per heavy atom. The summed E-state index contributed by atoms with van der Waals surface area (Å²) < 4.78 is 5.17. The van der Waals surface area contributed by atoms with Gasteiger partial charge in [0.15, 0.2) is 0 Å². The topological polar surface area (TPSA) is 75.6 Å². The first-order valence-electron chi connectivity index (χ1n) is 6.95.